The lowest BCUT2D eigenvalue weighted by molar-refractivity contribution is 0.0405. The summed E-state index contributed by atoms with van der Waals surface area (Å²) in [6, 6.07) is 8.85. The molecule has 170 valence electrons. The Morgan fingerprint density at radius 3 is 2.45 bits per heavy atom. The molecule has 1 atom stereocenters. The fourth-order valence-electron chi connectivity index (χ4n) is 3.15. The molecule has 1 aromatic carbocycles. The van der Waals surface area contributed by atoms with Gasteiger partial charge in [-0.25, -0.2) is 13.2 Å². The number of hydrogen-bond acceptors (Lipinski definition) is 7. The fraction of sp³-hybridized carbons (Fsp3) is 0.455. The smallest absolute Gasteiger partial charge is 0.339 e. The minimum Gasteiger partial charge on any atom is -0.460 e. The molecule has 0 spiro atoms. The summed E-state index contributed by atoms with van der Waals surface area (Å²) in [6.07, 6.45) is 4.99. The molecule has 1 aromatic heterocycles. The van der Waals surface area contributed by atoms with Crippen LogP contribution in [0.1, 0.15) is 43.5 Å². The summed E-state index contributed by atoms with van der Waals surface area (Å²) in [5.41, 5.74) is 12.2. The molecular weight excluding hydrogens is 416 g/mol. The van der Waals surface area contributed by atoms with Crippen molar-refractivity contribution in [2.24, 2.45) is 11.7 Å². The molecule has 8 nitrogen and oxygen atoms in total. The Morgan fingerprint density at radius 1 is 1.16 bits per heavy atom. The number of carbonyl (C=O) groups is 1. The van der Waals surface area contributed by atoms with Gasteiger partial charge < -0.3 is 16.2 Å². The summed E-state index contributed by atoms with van der Waals surface area (Å²) < 4.78 is 33.9. The molecule has 9 heteroatoms. The number of unbranched alkanes of at least 4 members (excludes halogenated alkanes) is 1. The van der Waals surface area contributed by atoms with Gasteiger partial charge in [-0.15, -0.1) is 0 Å². The first-order valence-corrected chi connectivity index (χ1v) is 11.8. The number of anilines is 1. The van der Waals surface area contributed by atoms with Crippen LogP contribution in [0.15, 0.2) is 53.7 Å². The predicted molar refractivity (Wildman–Crippen MR) is 121 cm³/mol. The lowest BCUT2D eigenvalue weighted by atomic mass is 10.1. The third kappa shape index (κ3) is 7.30. The lowest BCUT2D eigenvalue weighted by Gasteiger charge is -2.32. The van der Waals surface area contributed by atoms with Gasteiger partial charge in [0.25, 0.3) is 0 Å². The van der Waals surface area contributed by atoms with Crippen LogP contribution in [-0.2, 0) is 14.8 Å². The van der Waals surface area contributed by atoms with Gasteiger partial charge in [-0.1, -0.05) is 20.3 Å². The van der Waals surface area contributed by atoms with Crippen molar-refractivity contribution in [3.8, 4) is 0 Å². The van der Waals surface area contributed by atoms with Crippen molar-refractivity contribution in [1.29, 1.82) is 0 Å². The molecule has 0 aliphatic rings. The summed E-state index contributed by atoms with van der Waals surface area (Å²) in [6.45, 7) is 4.65. The van der Waals surface area contributed by atoms with Crippen molar-refractivity contribution >= 4 is 21.7 Å². The van der Waals surface area contributed by atoms with Crippen molar-refractivity contribution in [3.63, 3.8) is 0 Å². The van der Waals surface area contributed by atoms with Crippen LogP contribution in [-0.4, -0.2) is 49.4 Å². The van der Waals surface area contributed by atoms with Gasteiger partial charge in [-0.2, -0.15) is 4.31 Å². The number of sulfonamides is 1. The van der Waals surface area contributed by atoms with Gasteiger partial charge in [0.05, 0.1) is 16.5 Å². The van der Waals surface area contributed by atoms with E-state index in [0.29, 0.717) is 30.8 Å². The number of aromatic nitrogens is 1. The van der Waals surface area contributed by atoms with E-state index in [4.69, 9.17) is 16.2 Å². The number of hydrogen-bond donors (Lipinski definition) is 2. The summed E-state index contributed by atoms with van der Waals surface area (Å²) in [7, 11) is -3.82. The monoisotopic (exact) mass is 448 g/mol. The van der Waals surface area contributed by atoms with E-state index >= 15 is 0 Å². The van der Waals surface area contributed by atoms with Crippen LogP contribution < -0.4 is 11.5 Å². The largest absolute Gasteiger partial charge is 0.460 e. The van der Waals surface area contributed by atoms with E-state index in [1.54, 1.807) is 30.5 Å². The van der Waals surface area contributed by atoms with Crippen LogP contribution in [0.25, 0.3) is 0 Å². The zero-order chi connectivity index (χ0) is 22.9. The summed E-state index contributed by atoms with van der Waals surface area (Å²) >= 11 is 0. The SMILES string of the molecule is CC(C)CN([C@@H](CCCCN)COC(=O)c1cccnc1)S(=O)(=O)c1ccc(N)cc1. The highest BCUT2D eigenvalue weighted by atomic mass is 32.2. The molecule has 0 bridgehead atoms. The lowest BCUT2D eigenvalue weighted by Crippen LogP contribution is -2.45. The van der Waals surface area contributed by atoms with Crippen LogP contribution >= 0.6 is 0 Å². The highest BCUT2D eigenvalue weighted by molar-refractivity contribution is 7.89. The molecule has 0 saturated carbocycles. The third-order valence-electron chi connectivity index (χ3n) is 4.73. The number of benzene rings is 1. The van der Waals surface area contributed by atoms with Crippen molar-refractivity contribution in [2.45, 2.75) is 44.0 Å². The molecule has 0 unspecified atom stereocenters. The molecule has 0 aliphatic heterocycles. The zero-order valence-electron chi connectivity index (χ0n) is 18.1. The highest BCUT2D eigenvalue weighted by Gasteiger charge is 2.32. The second-order valence-electron chi connectivity index (χ2n) is 7.82. The standard InChI is InChI=1S/C22H32N4O4S/c1-17(2)15-26(31(28,29)21-10-8-19(24)9-11-21)20(7-3-4-12-23)16-30-22(27)18-6-5-13-25-14-18/h5-6,8-11,13-14,17,20H,3-4,7,12,15-16,23-24H2,1-2H3/t20-/m0/s1. The van der Waals surface area contributed by atoms with E-state index in [1.165, 1.54) is 22.6 Å². The maximum absolute atomic E-state index is 13.5. The van der Waals surface area contributed by atoms with Gasteiger partial charge in [-0.3, -0.25) is 4.98 Å². The maximum atomic E-state index is 13.5. The number of nitrogens with zero attached hydrogens (tertiary/aromatic N) is 2. The Balaban J connectivity index is 2.29. The van der Waals surface area contributed by atoms with E-state index in [0.717, 1.165) is 12.8 Å². The molecular formula is C22H32N4O4S. The Labute approximate surface area is 184 Å². The average molecular weight is 449 g/mol. The molecule has 1 heterocycles. The first kappa shape index (κ1) is 24.8. The zero-order valence-corrected chi connectivity index (χ0v) is 18.9. The van der Waals surface area contributed by atoms with Gasteiger partial charge in [-0.05, 0) is 61.7 Å². The molecule has 0 radical (unpaired) electrons. The number of ether oxygens (including phenoxy) is 1. The van der Waals surface area contributed by atoms with E-state index < -0.39 is 22.0 Å². The van der Waals surface area contributed by atoms with Crippen LogP contribution in [0.3, 0.4) is 0 Å². The van der Waals surface area contributed by atoms with Crippen molar-refractivity contribution in [3.05, 3.63) is 54.4 Å². The van der Waals surface area contributed by atoms with E-state index in [9.17, 15) is 13.2 Å². The number of pyridine rings is 1. The summed E-state index contributed by atoms with van der Waals surface area (Å²) in [4.78, 5) is 16.5. The number of rotatable bonds is 12. The van der Waals surface area contributed by atoms with Crippen LogP contribution in [0.5, 0.6) is 0 Å². The number of nitrogen functional groups attached to an aromatic ring is 1. The predicted octanol–water partition coefficient (Wildman–Crippen LogP) is 2.67. The molecule has 0 saturated heterocycles. The molecule has 0 aliphatic carbocycles. The van der Waals surface area contributed by atoms with Crippen molar-refractivity contribution < 1.29 is 17.9 Å². The topological polar surface area (TPSA) is 129 Å². The Kier molecular flexibility index (Phi) is 9.42. The highest BCUT2D eigenvalue weighted by Crippen LogP contribution is 2.24. The maximum Gasteiger partial charge on any atom is 0.339 e. The first-order chi connectivity index (χ1) is 14.8. The molecule has 0 fully saturated rings. The second-order valence-corrected chi connectivity index (χ2v) is 9.71. The Hall–Kier alpha value is -2.49. The van der Waals surface area contributed by atoms with Gasteiger partial charge in [0, 0.05) is 24.6 Å². The van der Waals surface area contributed by atoms with Gasteiger partial charge in [0.2, 0.25) is 10.0 Å². The Morgan fingerprint density at radius 2 is 1.87 bits per heavy atom. The van der Waals surface area contributed by atoms with E-state index in [1.807, 2.05) is 13.8 Å². The normalized spacial score (nSPS) is 12.8. The Bertz CT molecular complexity index is 918. The van der Waals surface area contributed by atoms with Gasteiger partial charge in [0.15, 0.2) is 0 Å². The van der Waals surface area contributed by atoms with Crippen LogP contribution in [0.2, 0.25) is 0 Å². The average Bonchev–Trinajstić information content (AvgIpc) is 2.75. The van der Waals surface area contributed by atoms with Crippen LogP contribution in [0.4, 0.5) is 5.69 Å². The third-order valence-corrected chi connectivity index (χ3v) is 6.67. The minimum absolute atomic E-state index is 0.0563. The van der Waals surface area contributed by atoms with E-state index in [2.05, 4.69) is 4.98 Å². The number of esters is 1. The second kappa shape index (κ2) is 11.8. The van der Waals surface area contributed by atoms with Gasteiger partial charge >= 0.3 is 5.97 Å². The quantitative estimate of drug-likeness (QED) is 0.290. The molecule has 2 aromatic rings. The van der Waals surface area contributed by atoms with Crippen LogP contribution in [0, 0.1) is 5.92 Å². The number of carbonyl (C=O) groups excluding carboxylic acids is 1. The fourth-order valence-corrected chi connectivity index (χ4v) is 4.96. The molecule has 4 N–H and O–H groups in total. The van der Waals surface area contributed by atoms with E-state index in [-0.39, 0.29) is 17.4 Å². The molecule has 2 rings (SSSR count). The first-order valence-electron chi connectivity index (χ1n) is 10.4. The summed E-state index contributed by atoms with van der Waals surface area (Å²) in [5, 5.41) is 0. The minimum atomic E-state index is -3.82. The van der Waals surface area contributed by atoms with Crippen molar-refractivity contribution in [1.82, 2.24) is 9.29 Å². The number of nitrogens with two attached hydrogens (primary N) is 2. The van der Waals surface area contributed by atoms with Gasteiger partial charge in [0.1, 0.15) is 6.61 Å². The summed E-state index contributed by atoms with van der Waals surface area (Å²) in [5.74, 6) is -0.458. The van der Waals surface area contributed by atoms with Crippen molar-refractivity contribution in [2.75, 3.05) is 25.4 Å². The molecule has 0 amide bonds. The molecule has 31 heavy (non-hydrogen) atoms.